The topological polar surface area (TPSA) is 86.6 Å². The zero-order valence-electron chi connectivity index (χ0n) is 10.3. The number of rotatable bonds is 5. The van der Waals surface area contributed by atoms with Crippen molar-refractivity contribution in [2.45, 2.75) is 39.2 Å². The fourth-order valence-corrected chi connectivity index (χ4v) is 2.47. The summed E-state index contributed by atoms with van der Waals surface area (Å²) in [5.41, 5.74) is 0. The summed E-state index contributed by atoms with van der Waals surface area (Å²) in [5, 5.41) is 20.6. The molecule has 0 aromatic carbocycles. The van der Waals surface area contributed by atoms with Gasteiger partial charge in [0.2, 0.25) is 5.91 Å². The number of aliphatic carboxylic acids is 1. The van der Waals surface area contributed by atoms with E-state index in [0.29, 0.717) is 19.3 Å². The maximum absolute atomic E-state index is 11.9. The number of nitrogens with one attached hydrogen (secondary N) is 1. The van der Waals surface area contributed by atoms with Gasteiger partial charge >= 0.3 is 5.97 Å². The highest BCUT2D eigenvalue weighted by atomic mass is 16.4. The third-order valence-corrected chi connectivity index (χ3v) is 3.40. The van der Waals surface area contributed by atoms with E-state index in [1.54, 1.807) is 0 Å². The van der Waals surface area contributed by atoms with Gasteiger partial charge in [0.15, 0.2) is 0 Å². The van der Waals surface area contributed by atoms with Crippen LogP contribution in [0.2, 0.25) is 0 Å². The molecule has 1 rings (SSSR count). The van der Waals surface area contributed by atoms with Gasteiger partial charge < -0.3 is 15.5 Å². The number of aliphatic hydroxyl groups is 1. The lowest BCUT2D eigenvalue weighted by Gasteiger charge is -2.19. The summed E-state index contributed by atoms with van der Waals surface area (Å²) < 4.78 is 0. The summed E-state index contributed by atoms with van der Waals surface area (Å²) in [5.74, 6) is -1.79. The molecule has 1 aliphatic carbocycles. The van der Waals surface area contributed by atoms with Crippen LogP contribution in [0.15, 0.2) is 0 Å². The summed E-state index contributed by atoms with van der Waals surface area (Å²) in [6.45, 7) is 3.80. The predicted molar refractivity (Wildman–Crippen MR) is 62.3 cm³/mol. The lowest BCUT2D eigenvalue weighted by atomic mass is 9.95. The molecular formula is C12H21NO4. The fraction of sp³-hybridized carbons (Fsp3) is 0.833. The molecule has 0 aromatic rings. The molecule has 0 heterocycles. The second-order valence-corrected chi connectivity index (χ2v) is 5.05. The van der Waals surface area contributed by atoms with E-state index < -0.39 is 17.8 Å². The monoisotopic (exact) mass is 243 g/mol. The molecule has 4 atom stereocenters. The Morgan fingerprint density at radius 1 is 1.35 bits per heavy atom. The van der Waals surface area contributed by atoms with Crippen molar-refractivity contribution in [3.05, 3.63) is 0 Å². The zero-order valence-corrected chi connectivity index (χ0v) is 10.3. The van der Waals surface area contributed by atoms with Crippen LogP contribution in [-0.2, 0) is 9.59 Å². The molecule has 5 heteroatoms. The van der Waals surface area contributed by atoms with Gasteiger partial charge in [-0.3, -0.25) is 9.59 Å². The number of hydrogen-bond acceptors (Lipinski definition) is 3. The first-order chi connectivity index (χ1) is 7.95. The van der Waals surface area contributed by atoms with Crippen LogP contribution in [0.5, 0.6) is 0 Å². The highest BCUT2D eigenvalue weighted by Crippen LogP contribution is 2.36. The molecule has 0 aliphatic heterocycles. The molecule has 1 amide bonds. The van der Waals surface area contributed by atoms with Crippen LogP contribution in [-0.4, -0.2) is 34.7 Å². The molecule has 0 saturated heterocycles. The molecule has 3 N–H and O–H groups in total. The average Bonchev–Trinajstić information content (AvgIpc) is 2.60. The molecule has 5 nitrogen and oxygen atoms in total. The molecule has 1 fully saturated rings. The maximum atomic E-state index is 11.9. The molecule has 17 heavy (non-hydrogen) atoms. The van der Waals surface area contributed by atoms with Gasteiger partial charge in [0.05, 0.1) is 11.8 Å². The Hall–Kier alpha value is -1.10. The summed E-state index contributed by atoms with van der Waals surface area (Å²) >= 11 is 0. The van der Waals surface area contributed by atoms with E-state index in [-0.39, 0.29) is 24.5 Å². The summed E-state index contributed by atoms with van der Waals surface area (Å²) in [6, 6.07) is -0.113. The van der Waals surface area contributed by atoms with Gasteiger partial charge in [-0.1, -0.05) is 6.92 Å². The molecule has 0 spiro atoms. The van der Waals surface area contributed by atoms with Gasteiger partial charge in [0.25, 0.3) is 0 Å². The highest BCUT2D eigenvalue weighted by Gasteiger charge is 2.41. The van der Waals surface area contributed by atoms with Gasteiger partial charge in [-0.2, -0.15) is 0 Å². The number of amides is 1. The van der Waals surface area contributed by atoms with Crippen molar-refractivity contribution in [3.8, 4) is 0 Å². The minimum absolute atomic E-state index is 0.0187. The highest BCUT2D eigenvalue weighted by molar-refractivity contribution is 5.85. The van der Waals surface area contributed by atoms with Crippen molar-refractivity contribution in [3.63, 3.8) is 0 Å². The minimum Gasteiger partial charge on any atom is -0.481 e. The van der Waals surface area contributed by atoms with E-state index >= 15 is 0 Å². The van der Waals surface area contributed by atoms with E-state index in [9.17, 15) is 9.59 Å². The Balaban J connectivity index is 2.58. The summed E-state index contributed by atoms with van der Waals surface area (Å²) in [7, 11) is 0. The Morgan fingerprint density at radius 2 is 1.94 bits per heavy atom. The van der Waals surface area contributed by atoms with Crippen molar-refractivity contribution in [2.24, 2.45) is 17.8 Å². The smallest absolute Gasteiger partial charge is 0.307 e. The third-order valence-electron chi connectivity index (χ3n) is 3.40. The number of carboxylic acids is 1. The van der Waals surface area contributed by atoms with Gasteiger partial charge in [0.1, 0.15) is 0 Å². The molecule has 1 aliphatic rings. The SMILES string of the molecule is CC1CC(C(=O)O)C(C(=O)NC(C)CCO)C1. The van der Waals surface area contributed by atoms with Gasteiger partial charge in [0, 0.05) is 12.6 Å². The molecule has 0 radical (unpaired) electrons. The Kier molecular flexibility index (Phi) is 4.93. The van der Waals surface area contributed by atoms with Crippen LogP contribution < -0.4 is 5.32 Å². The van der Waals surface area contributed by atoms with Crippen molar-refractivity contribution < 1.29 is 19.8 Å². The van der Waals surface area contributed by atoms with E-state index in [1.807, 2.05) is 13.8 Å². The van der Waals surface area contributed by atoms with Crippen LogP contribution in [0.3, 0.4) is 0 Å². The van der Waals surface area contributed by atoms with Gasteiger partial charge in [-0.25, -0.2) is 0 Å². The van der Waals surface area contributed by atoms with Crippen LogP contribution in [0.25, 0.3) is 0 Å². The Bertz CT molecular complexity index is 292. The van der Waals surface area contributed by atoms with Crippen LogP contribution in [0, 0.1) is 17.8 Å². The van der Waals surface area contributed by atoms with Gasteiger partial charge in [-0.05, 0) is 32.1 Å². The second-order valence-electron chi connectivity index (χ2n) is 5.05. The quantitative estimate of drug-likeness (QED) is 0.660. The van der Waals surface area contributed by atoms with E-state index in [1.165, 1.54) is 0 Å². The molecule has 98 valence electrons. The maximum Gasteiger partial charge on any atom is 0.307 e. The molecule has 0 bridgehead atoms. The molecular weight excluding hydrogens is 222 g/mol. The normalized spacial score (nSPS) is 29.9. The second kappa shape index (κ2) is 6.00. The number of carboxylic acid groups (broad SMARTS) is 1. The lowest BCUT2D eigenvalue weighted by Crippen LogP contribution is -2.40. The van der Waals surface area contributed by atoms with Crippen LogP contribution in [0.4, 0.5) is 0 Å². The predicted octanol–water partition coefficient (Wildman–Crippen LogP) is 0.620. The van der Waals surface area contributed by atoms with Crippen molar-refractivity contribution in [2.75, 3.05) is 6.61 Å². The van der Waals surface area contributed by atoms with Crippen LogP contribution in [0.1, 0.15) is 33.1 Å². The first-order valence-electron chi connectivity index (χ1n) is 6.09. The zero-order chi connectivity index (χ0) is 13.0. The standard InChI is InChI=1S/C12H21NO4/c1-7-5-9(10(6-7)12(16)17)11(15)13-8(2)3-4-14/h7-10,14H,3-6H2,1-2H3,(H,13,15)(H,16,17). The Morgan fingerprint density at radius 3 is 2.47 bits per heavy atom. The number of carbonyl (C=O) groups excluding carboxylic acids is 1. The van der Waals surface area contributed by atoms with Crippen molar-refractivity contribution in [1.82, 2.24) is 5.32 Å². The van der Waals surface area contributed by atoms with Crippen molar-refractivity contribution >= 4 is 11.9 Å². The van der Waals surface area contributed by atoms with Gasteiger partial charge in [-0.15, -0.1) is 0 Å². The van der Waals surface area contributed by atoms with E-state index in [4.69, 9.17) is 10.2 Å². The third kappa shape index (κ3) is 3.70. The van der Waals surface area contributed by atoms with Crippen molar-refractivity contribution in [1.29, 1.82) is 0 Å². The molecule has 0 aromatic heterocycles. The summed E-state index contributed by atoms with van der Waals surface area (Å²) in [6.07, 6.45) is 1.70. The number of carbonyl (C=O) groups is 2. The first kappa shape index (κ1) is 14.0. The van der Waals surface area contributed by atoms with Crippen LogP contribution >= 0.6 is 0 Å². The largest absolute Gasteiger partial charge is 0.481 e. The molecule has 4 unspecified atom stereocenters. The summed E-state index contributed by atoms with van der Waals surface area (Å²) in [4.78, 5) is 23.0. The number of hydrogen-bond donors (Lipinski definition) is 3. The molecule has 1 saturated carbocycles. The number of aliphatic hydroxyl groups excluding tert-OH is 1. The Labute approximate surface area is 101 Å². The first-order valence-corrected chi connectivity index (χ1v) is 6.09. The lowest BCUT2D eigenvalue weighted by molar-refractivity contribution is -0.146. The fourth-order valence-electron chi connectivity index (χ4n) is 2.47. The van der Waals surface area contributed by atoms with E-state index in [0.717, 1.165) is 0 Å². The minimum atomic E-state index is -0.885. The van der Waals surface area contributed by atoms with E-state index in [2.05, 4.69) is 5.32 Å². The average molecular weight is 243 g/mol.